The first kappa shape index (κ1) is 19.1. The van der Waals surface area contributed by atoms with Gasteiger partial charge in [0.2, 0.25) is 0 Å². The van der Waals surface area contributed by atoms with Gasteiger partial charge in [0.25, 0.3) is 0 Å². The molecule has 2 aromatic rings. The lowest BCUT2D eigenvalue weighted by molar-refractivity contribution is -0.139. The number of carboxylic acids is 1. The Balaban J connectivity index is 2.22. The molecule has 0 fully saturated rings. The minimum atomic E-state index is -4.34. The second kappa shape index (κ2) is 8.27. The summed E-state index contributed by atoms with van der Waals surface area (Å²) in [5.41, 5.74) is 2.56. The summed E-state index contributed by atoms with van der Waals surface area (Å²) in [4.78, 5) is 29.2. The average Bonchev–Trinajstić information content (AvgIpc) is 2.58. The maximum atomic E-state index is 11.4. The molecule has 0 saturated heterocycles. The predicted octanol–water partition coefficient (Wildman–Crippen LogP) is 2.08. The van der Waals surface area contributed by atoms with Gasteiger partial charge in [-0.25, -0.2) is 0 Å². The summed E-state index contributed by atoms with van der Waals surface area (Å²) in [7, 11) is -2.84. The van der Waals surface area contributed by atoms with Gasteiger partial charge in [-0.2, -0.15) is 0 Å². The highest BCUT2D eigenvalue weighted by Crippen LogP contribution is 2.33. The van der Waals surface area contributed by atoms with Crippen molar-refractivity contribution >= 4 is 13.6 Å². The number of carbonyl (C=O) groups is 1. The maximum absolute atomic E-state index is 11.4. The monoisotopic (exact) mass is 365 g/mol. The number of benzene rings is 2. The van der Waals surface area contributed by atoms with E-state index in [9.17, 15) is 14.5 Å². The molecule has 0 spiro atoms. The molecule has 2 aromatic carbocycles. The normalized spacial score (nSPS) is 12.6. The zero-order chi connectivity index (χ0) is 18.4. The van der Waals surface area contributed by atoms with Gasteiger partial charge in [-0.15, -0.1) is 0 Å². The molecule has 0 bridgehead atoms. The van der Waals surface area contributed by atoms with Gasteiger partial charge in [0, 0.05) is 6.42 Å². The molecule has 4 N–H and O–H groups in total. The number of hydrogen-bond donors (Lipinski definition) is 4. The zero-order valence-electron chi connectivity index (χ0n) is 13.6. The van der Waals surface area contributed by atoms with Crippen LogP contribution < -0.4 is 10.1 Å². The molecule has 0 amide bonds. The molecule has 0 aliphatic rings. The fourth-order valence-corrected chi connectivity index (χ4v) is 2.88. The fraction of sp³-hybridized carbons (Fsp3) is 0.235. The smallest absolute Gasteiger partial charge is 0.339 e. The van der Waals surface area contributed by atoms with Crippen LogP contribution in [0.3, 0.4) is 0 Å². The van der Waals surface area contributed by atoms with Gasteiger partial charge in [0.15, 0.2) is 0 Å². The molecule has 0 aliphatic carbocycles. The Morgan fingerprint density at radius 2 is 1.84 bits per heavy atom. The van der Waals surface area contributed by atoms with E-state index in [4.69, 9.17) is 14.5 Å². The van der Waals surface area contributed by atoms with E-state index in [1.165, 1.54) is 7.11 Å². The quantitative estimate of drug-likeness (QED) is 0.529. The molecule has 8 heteroatoms. The Morgan fingerprint density at radius 1 is 1.16 bits per heavy atom. The van der Waals surface area contributed by atoms with E-state index in [0.717, 1.165) is 11.1 Å². The summed E-state index contributed by atoms with van der Waals surface area (Å²) in [6.07, 6.45) is -0.665. The van der Waals surface area contributed by atoms with Crippen LogP contribution in [0, 0.1) is 0 Å². The van der Waals surface area contributed by atoms with Crippen molar-refractivity contribution in [2.45, 2.75) is 12.5 Å². The lowest BCUT2D eigenvalue weighted by atomic mass is 9.99. The van der Waals surface area contributed by atoms with Crippen LogP contribution in [0.5, 0.6) is 5.75 Å². The lowest BCUT2D eigenvalue weighted by Crippen LogP contribution is -2.39. The van der Waals surface area contributed by atoms with Crippen molar-refractivity contribution in [1.29, 1.82) is 0 Å². The van der Waals surface area contributed by atoms with E-state index in [1.54, 1.807) is 6.07 Å². The van der Waals surface area contributed by atoms with Crippen molar-refractivity contribution in [3.05, 3.63) is 54.1 Å². The lowest BCUT2D eigenvalue weighted by Gasteiger charge is -2.17. The standard InChI is InChI=1S/C17H20NO6P/c1-24-16-10-13(12-5-3-2-4-6-12)7-8-14(16)9-15(17(19)20)18-11-25(21,22)23/h2-8,10,15,18H,9,11H2,1H3,(H,19,20)(H2,21,22,23). The topological polar surface area (TPSA) is 116 Å². The molecular formula is C17H20NO6P. The zero-order valence-corrected chi connectivity index (χ0v) is 14.5. The molecule has 1 atom stereocenters. The van der Waals surface area contributed by atoms with Crippen molar-refractivity contribution in [1.82, 2.24) is 5.32 Å². The third kappa shape index (κ3) is 5.69. The molecule has 25 heavy (non-hydrogen) atoms. The Bertz CT molecular complexity index is 774. The summed E-state index contributed by atoms with van der Waals surface area (Å²) in [5, 5.41) is 11.7. The van der Waals surface area contributed by atoms with Crippen LogP contribution in [-0.2, 0) is 15.8 Å². The van der Waals surface area contributed by atoms with Gasteiger partial charge >= 0.3 is 13.6 Å². The van der Waals surface area contributed by atoms with Crippen molar-refractivity contribution < 1.29 is 29.0 Å². The molecule has 0 radical (unpaired) electrons. The number of ether oxygens (including phenoxy) is 1. The van der Waals surface area contributed by atoms with E-state index in [-0.39, 0.29) is 6.42 Å². The second-order valence-electron chi connectivity index (χ2n) is 5.51. The minimum Gasteiger partial charge on any atom is -0.496 e. The number of rotatable bonds is 8. The second-order valence-corrected chi connectivity index (χ2v) is 7.16. The summed E-state index contributed by atoms with van der Waals surface area (Å²) in [6.45, 7) is 0. The molecule has 0 heterocycles. The molecular weight excluding hydrogens is 345 g/mol. The van der Waals surface area contributed by atoms with E-state index in [0.29, 0.717) is 11.3 Å². The Labute approximate surface area is 145 Å². The molecule has 0 aliphatic heterocycles. The van der Waals surface area contributed by atoms with Crippen molar-refractivity contribution in [3.8, 4) is 16.9 Å². The van der Waals surface area contributed by atoms with Gasteiger partial charge < -0.3 is 19.6 Å². The minimum absolute atomic E-state index is 0.0353. The largest absolute Gasteiger partial charge is 0.496 e. The first-order chi connectivity index (χ1) is 11.8. The first-order valence-corrected chi connectivity index (χ1v) is 9.33. The maximum Gasteiger partial charge on any atom is 0.339 e. The van der Waals surface area contributed by atoms with Crippen LogP contribution in [-0.4, -0.2) is 40.3 Å². The summed E-state index contributed by atoms with van der Waals surface area (Å²) in [6, 6.07) is 14.0. The van der Waals surface area contributed by atoms with E-state index in [2.05, 4.69) is 5.32 Å². The van der Waals surface area contributed by atoms with Crippen LogP contribution in [0.4, 0.5) is 0 Å². The Kier molecular flexibility index (Phi) is 6.33. The number of methoxy groups -OCH3 is 1. The Hall–Kier alpha value is -2.18. The van der Waals surface area contributed by atoms with E-state index < -0.39 is 25.9 Å². The third-order valence-corrected chi connectivity index (χ3v) is 4.25. The summed E-state index contributed by atoms with van der Waals surface area (Å²) in [5.74, 6) is -0.673. The van der Waals surface area contributed by atoms with Gasteiger partial charge in [-0.05, 0) is 22.8 Å². The molecule has 2 rings (SSSR count). The number of hydrogen-bond acceptors (Lipinski definition) is 4. The van der Waals surface area contributed by atoms with Crippen LogP contribution >= 0.6 is 7.60 Å². The number of carboxylic acid groups (broad SMARTS) is 1. The van der Waals surface area contributed by atoms with Crippen molar-refractivity contribution in [3.63, 3.8) is 0 Å². The van der Waals surface area contributed by atoms with Crippen LogP contribution in [0.1, 0.15) is 5.56 Å². The SMILES string of the molecule is COc1cc(-c2ccccc2)ccc1CC(NCP(=O)(O)O)C(=O)O. The van der Waals surface area contributed by atoms with Crippen molar-refractivity contribution in [2.24, 2.45) is 0 Å². The first-order valence-electron chi connectivity index (χ1n) is 7.53. The van der Waals surface area contributed by atoms with Crippen LogP contribution in [0.15, 0.2) is 48.5 Å². The van der Waals surface area contributed by atoms with Crippen molar-refractivity contribution in [2.75, 3.05) is 13.4 Å². The highest BCUT2D eigenvalue weighted by Gasteiger charge is 2.23. The van der Waals surface area contributed by atoms with Crippen LogP contribution in [0.2, 0.25) is 0 Å². The molecule has 7 nitrogen and oxygen atoms in total. The van der Waals surface area contributed by atoms with Crippen LogP contribution in [0.25, 0.3) is 11.1 Å². The average molecular weight is 365 g/mol. The van der Waals surface area contributed by atoms with Gasteiger partial charge in [-0.3, -0.25) is 14.7 Å². The molecule has 1 unspecified atom stereocenters. The van der Waals surface area contributed by atoms with Gasteiger partial charge in [0.1, 0.15) is 11.8 Å². The fourth-order valence-electron chi connectivity index (χ4n) is 2.42. The number of aliphatic carboxylic acids is 1. The Morgan fingerprint density at radius 3 is 2.40 bits per heavy atom. The number of nitrogens with one attached hydrogen (secondary N) is 1. The summed E-state index contributed by atoms with van der Waals surface area (Å²) >= 11 is 0. The molecule has 0 saturated carbocycles. The van der Waals surface area contributed by atoms with Gasteiger partial charge in [-0.1, -0.05) is 42.5 Å². The van der Waals surface area contributed by atoms with E-state index in [1.807, 2.05) is 42.5 Å². The van der Waals surface area contributed by atoms with Gasteiger partial charge in [0.05, 0.1) is 13.4 Å². The molecule has 134 valence electrons. The van der Waals surface area contributed by atoms with E-state index >= 15 is 0 Å². The highest BCUT2D eigenvalue weighted by atomic mass is 31.2. The third-order valence-electron chi connectivity index (χ3n) is 3.66. The predicted molar refractivity (Wildman–Crippen MR) is 93.6 cm³/mol. The molecule has 0 aromatic heterocycles. The highest BCUT2D eigenvalue weighted by molar-refractivity contribution is 7.51. The summed E-state index contributed by atoms with van der Waals surface area (Å²) < 4.78 is 16.3.